The third-order valence-electron chi connectivity index (χ3n) is 22.9. The highest BCUT2D eigenvalue weighted by Crippen LogP contribution is 2.47. The van der Waals surface area contributed by atoms with E-state index in [1.165, 1.54) is 54.1 Å². The summed E-state index contributed by atoms with van der Waals surface area (Å²) < 4.78 is 69.6. The monoisotopic (exact) mass is 2060 g/mol. The van der Waals surface area contributed by atoms with E-state index in [-0.39, 0.29) is 95.2 Å². The molecule has 6 amide bonds. The Bertz CT molecular complexity index is 5030. The van der Waals surface area contributed by atoms with E-state index in [4.69, 9.17) is 44.2 Å². The van der Waals surface area contributed by atoms with Crippen molar-refractivity contribution in [3.63, 3.8) is 0 Å². The number of thiol groups is 1. The van der Waals surface area contributed by atoms with Gasteiger partial charge in [-0.25, -0.2) is 45.0 Å². The van der Waals surface area contributed by atoms with E-state index >= 15 is 0 Å². The maximum absolute atomic E-state index is 14.2. The number of rotatable bonds is 57. The fourth-order valence-corrected chi connectivity index (χ4v) is 23.8. The summed E-state index contributed by atoms with van der Waals surface area (Å²) in [5.41, 5.74) is -3.56. The number of nitrogens with zero attached hydrogens (tertiary/aromatic N) is 6. The number of amides is 6. The molecule has 0 saturated heterocycles. The second-order valence-corrected chi connectivity index (χ2v) is 54.9. The highest BCUT2D eigenvalue weighted by Gasteiger charge is 2.53. The third-order valence-corrected chi connectivity index (χ3v) is 31.5. The summed E-state index contributed by atoms with van der Waals surface area (Å²) in [6.07, 6.45) is 9.48. The third kappa shape index (κ3) is 50.2. The maximum atomic E-state index is 14.2. The lowest BCUT2D eigenvalue weighted by Gasteiger charge is -2.38. The number of quaternary nitrogens is 3. The summed E-state index contributed by atoms with van der Waals surface area (Å²) in [5, 5.41) is 18.0. The summed E-state index contributed by atoms with van der Waals surface area (Å²) in [7, 11) is 3.29. The predicted octanol–water partition coefficient (Wildman–Crippen LogP) is 15.0. The number of carbonyl (C=O) groups is 8. The second-order valence-electron chi connectivity index (χ2n) is 41.1. The molecule has 4 aromatic carbocycles. The van der Waals surface area contributed by atoms with Crippen LogP contribution in [0.25, 0.3) is 14.5 Å². The molecule has 5 unspecified atom stereocenters. The summed E-state index contributed by atoms with van der Waals surface area (Å²) in [5.74, 6) is 0.562. The van der Waals surface area contributed by atoms with Crippen LogP contribution in [-0.4, -0.2) is 293 Å². The molecule has 0 fully saturated rings. The molecule has 26 nitrogen and oxygen atoms in total. The summed E-state index contributed by atoms with van der Waals surface area (Å²) >= 11 is 20.7. The highest BCUT2D eigenvalue weighted by atomic mass is 32.2. The normalized spacial score (nSPS) is 14.5. The zero-order valence-corrected chi connectivity index (χ0v) is 92.2. The van der Waals surface area contributed by atoms with Gasteiger partial charge in [0, 0.05) is 191 Å². The molecule has 752 valence electrons. The number of benzene rings is 4. The van der Waals surface area contributed by atoms with Gasteiger partial charge in [0.2, 0.25) is 62.3 Å². The Morgan fingerprint density at radius 2 is 0.593 bits per heavy atom. The Morgan fingerprint density at radius 1 is 0.341 bits per heavy atom. The first-order valence-electron chi connectivity index (χ1n) is 45.7. The lowest BCUT2D eigenvalue weighted by molar-refractivity contribution is -0.890. The minimum absolute atomic E-state index is 0.0202. The number of nitrogens with one attached hydrogen (secondary N) is 6. The van der Waals surface area contributed by atoms with Crippen molar-refractivity contribution >= 4 is 168 Å². The summed E-state index contributed by atoms with van der Waals surface area (Å²) in [6, 6.07) is 36.9. The van der Waals surface area contributed by atoms with Gasteiger partial charge in [-0.1, -0.05) is 227 Å². The molecule has 0 saturated carbocycles. The number of carbonyl (C=O) groups excluding carboxylic acids is 8. The SMILES string of the molecule is [C-]#[N+]C(C)(C)CC(C)(CC(C)(C)C(=O)NCCC[N+](C)(C)CCCS(C)(=O)=O)C(=O)NCCS.[C-]#[N+]C(C)(C)CC(C)(CC(C)(SC(=S)c1ccccc1)C(=O)NCCC[N+](C)(C)CCCS(C)(=O)=O)C(=O)NCCCSC(=O)c1ccccc1.[C-]#[N+]C(C)(C)CC(C)(CC(C)(SC(=S)c1ccccc1)C(=O)NCCC[N+](C)(C)CCCS(C)(=O)=O)C(=O)NCCSC(=O)c1ccccc1. The fourth-order valence-electron chi connectivity index (χ4n) is 16.4. The zero-order chi connectivity index (χ0) is 103. The van der Waals surface area contributed by atoms with E-state index in [9.17, 15) is 63.6 Å². The molecular formula is C99H155N12O14S10+3. The van der Waals surface area contributed by atoms with Crippen LogP contribution in [0.5, 0.6) is 0 Å². The number of thioether (sulfide) groups is 4. The van der Waals surface area contributed by atoms with Gasteiger partial charge in [0.15, 0.2) is 0 Å². The maximum Gasteiger partial charge on any atom is 0.236 e. The molecule has 0 aromatic heterocycles. The Balaban J connectivity index is 0.000000701. The Labute approximate surface area is 843 Å². The average Bonchev–Trinajstić information content (AvgIpc) is 0.787. The Kier molecular flexibility index (Phi) is 52.1. The predicted molar refractivity (Wildman–Crippen MR) is 571 cm³/mol. The number of hydrogen-bond donors (Lipinski definition) is 7. The van der Waals surface area contributed by atoms with Crippen LogP contribution in [0, 0.1) is 41.4 Å². The van der Waals surface area contributed by atoms with Gasteiger partial charge in [0.25, 0.3) is 0 Å². The van der Waals surface area contributed by atoms with Crippen LogP contribution < -0.4 is 31.9 Å². The quantitative estimate of drug-likeness (QED) is 0.00710. The lowest BCUT2D eigenvalue weighted by atomic mass is 9.67. The molecule has 0 bridgehead atoms. The molecule has 4 aromatic rings. The molecule has 5 atom stereocenters. The second kappa shape index (κ2) is 56.6. The standard InChI is InChI=1S/C38H54N4O5S4.C37H52N4O5S4.C24H46N4O4S2/c1-36(2,39-5)28-37(3,34(44)40-23-16-26-49-32(43)30-18-11-9-12-19-30)29-38(4,50-33(48)31-20-13-10-14-21-31)35(45)41-22-15-24-42(6,7)25-17-27-51(8,46)47;1-35(2,38-5)27-36(3,33(43)40-22-25-48-31(42)29-17-11-9-12-18-29)28-37(4,49-32(47)30-19-13-10-14-20-30)34(44)39-21-15-23-41(6,7)24-16-26-50(8,45)46;1-22(2,18-24(5,19-23(3,4)25-6)21(30)27-13-16-33)20(29)26-12-10-14-28(7,8)15-11-17-34(9,31)32/h9-14,18-21H,15-17,22-29H2,1-4,6-8H3,(H-,40,41,44,45);9-14,17-20H,15-16,21-28H2,1-4,6-8H3,(H-,39,40,43,44);10-19H2,1-5,7-9H3,(H2-,26,27,29,30,33)/p+3. The number of thiocarbonyl (C=S) groups is 2. The van der Waals surface area contributed by atoms with Crippen molar-refractivity contribution in [2.24, 2.45) is 21.7 Å². The van der Waals surface area contributed by atoms with Crippen LogP contribution in [0.1, 0.15) is 205 Å². The van der Waals surface area contributed by atoms with Gasteiger partial charge in [-0.2, -0.15) is 12.6 Å². The van der Waals surface area contributed by atoms with Gasteiger partial charge < -0.3 is 59.9 Å². The van der Waals surface area contributed by atoms with Gasteiger partial charge in [0.1, 0.15) is 29.5 Å². The Morgan fingerprint density at radius 3 is 0.889 bits per heavy atom. The zero-order valence-electron chi connectivity index (χ0n) is 84.0. The fraction of sp³-hybridized carbons (Fsp3) is 0.626. The van der Waals surface area contributed by atoms with Crippen molar-refractivity contribution in [3.8, 4) is 0 Å². The minimum atomic E-state index is -3.02. The lowest BCUT2D eigenvalue weighted by Crippen LogP contribution is -2.52. The molecule has 0 aliphatic heterocycles. The summed E-state index contributed by atoms with van der Waals surface area (Å²) in [6.45, 7) is 53.4. The molecule has 135 heavy (non-hydrogen) atoms. The Hall–Kier alpha value is -6.83. The van der Waals surface area contributed by atoms with E-state index in [1.54, 1.807) is 77.9 Å². The number of sulfone groups is 3. The van der Waals surface area contributed by atoms with Crippen molar-refractivity contribution in [2.75, 3.05) is 174 Å². The van der Waals surface area contributed by atoms with Gasteiger partial charge in [-0.15, -0.1) is 0 Å². The van der Waals surface area contributed by atoms with Gasteiger partial charge in [0.05, 0.1) is 133 Å². The first-order chi connectivity index (χ1) is 62.2. The van der Waals surface area contributed by atoms with E-state index in [1.807, 2.05) is 162 Å². The van der Waals surface area contributed by atoms with Crippen LogP contribution >= 0.6 is 84.1 Å². The van der Waals surface area contributed by atoms with Crippen molar-refractivity contribution in [1.29, 1.82) is 0 Å². The molecule has 0 aliphatic rings. The van der Waals surface area contributed by atoms with Crippen LogP contribution in [0.3, 0.4) is 0 Å². The molecule has 0 aliphatic carbocycles. The first kappa shape index (κ1) is 124. The van der Waals surface area contributed by atoms with Crippen LogP contribution in [0.15, 0.2) is 121 Å². The van der Waals surface area contributed by atoms with Crippen molar-refractivity contribution in [3.05, 3.63) is 178 Å². The average molecular weight is 2060 g/mol. The molecule has 0 spiro atoms. The smallest absolute Gasteiger partial charge is 0.236 e. The first-order valence-corrected chi connectivity index (χ1v) is 56.9. The van der Waals surface area contributed by atoms with Crippen LogP contribution in [0.2, 0.25) is 0 Å². The van der Waals surface area contributed by atoms with E-state index in [2.05, 4.69) is 73.2 Å². The molecular weight excluding hydrogens is 1900 g/mol. The molecule has 0 radical (unpaired) electrons. The van der Waals surface area contributed by atoms with Gasteiger partial charge >= 0.3 is 0 Å². The van der Waals surface area contributed by atoms with Gasteiger partial charge in [-0.05, 0) is 50.7 Å². The number of hydrogen-bond acceptors (Lipinski definition) is 21. The van der Waals surface area contributed by atoms with Crippen LogP contribution in [-0.2, 0) is 58.3 Å². The van der Waals surface area contributed by atoms with Crippen LogP contribution in [0.4, 0.5) is 0 Å². The van der Waals surface area contributed by atoms with Crippen molar-refractivity contribution in [1.82, 2.24) is 31.9 Å². The van der Waals surface area contributed by atoms with E-state index < -0.39 is 77.3 Å². The molecule has 36 heteroatoms. The largest absolute Gasteiger partial charge is 0.356 e. The topological polar surface area (TPSA) is 324 Å². The van der Waals surface area contributed by atoms with Gasteiger partial charge in [-0.3, -0.25) is 38.4 Å². The molecule has 6 N–H and O–H groups in total. The highest BCUT2D eigenvalue weighted by molar-refractivity contribution is 8.25. The van der Waals surface area contributed by atoms with Crippen molar-refractivity contribution in [2.45, 2.75) is 200 Å². The van der Waals surface area contributed by atoms with Crippen molar-refractivity contribution < 1.29 is 77.1 Å². The van der Waals surface area contributed by atoms with E-state index in [0.29, 0.717) is 147 Å². The molecule has 0 heterocycles. The summed E-state index contributed by atoms with van der Waals surface area (Å²) in [4.78, 5) is 119. The minimum Gasteiger partial charge on any atom is -0.356 e. The molecule has 4 rings (SSSR count). The van der Waals surface area contributed by atoms with E-state index in [0.717, 1.165) is 55.5 Å².